The van der Waals surface area contributed by atoms with Crippen LogP contribution in [-0.2, 0) is 0 Å². The van der Waals surface area contributed by atoms with E-state index in [-0.39, 0.29) is 24.6 Å². The highest BCUT2D eigenvalue weighted by Gasteiger charge is 2.09. The minimum atomic E-state index is -0.0469. The van der Waals surface area contributed by atoms with Gasteiger partial charge in [0.2, 0.25) is 0 Å². The maximum absolute atomic E-state index is 6.18. The Labute approximate surface area is 118 Å². The van der Waals surface area contributed by atoms with Crippen LogP contribution in [0, 0.1) is 0 Å². The van der Waals surface area contributed by atoms with Crippen molar-refractivity contribution in [3.63, 3.8) is 0 Å². The molecule has 0 spiro atoms. The van der Waals surface area contributed by atoms with E-state index in [1.165, 1.54) is 0 Å². The maximum Gasteiger partial charge on any atom is 0.119 e. The monoisotopic (exact) mass is 283 g/mol. The molecule has 0 amide bonds. The highest BCUT2D eigenvalue weighted by molar-refractivity contribution is 7.08. The second-order valence-electron chi connectivity index (χ2n) is 4.27. The zero-order chi connectivity index (χ0) is 12.3. The molecule has 2 nitrogen and oxygen atoms in total. The summed E-state index contributed by atoms with van der Waals surface area (Å²) in [5.74, 6) is 0.890. The lowest BCUT2D eigenvalue weighted by atomic mass is 10.0. The van der Waals surface area contributed by atoms with Crippen LogP contribution in [0.4, 0.5) is 0 Å². The molecule has 2 aromatic rings. The van der Waals surface area contributed by atoms with Crippen LogP contribution in [0.5, 0.6) is 5.75 Å². The zero-order valence-corrected chi connectivity index (χ0v) is 12.1. The van der Waals surface area contributed by atoms with Gasteiger partial charge in [0.1, 0.15) is 5.75 Å². The smallest absolute Gasteiger partial charge is 0.119 e. The molecule has 0 saturated carbocycles. The van der Waals surface area contributed by atoms with Crippen molar-refractivity contribution in [3.05, 3.63) is 52.2 Å². The van der Waals surface area contributed by atoms with Crippen molar-refractivity contribution in [2.24, 2.45) is 5.73 Å². The third-order valence-corrected chi connectivity index (χ3v) is 3.21. The molecule has 0 bridgehead atoms. The maximum atomic E-state index is 6.18. The Morgan fingerprint density at radius 3 is 2.22 bits per heavy atom. The molecule has 2 rings (SSSR count). The number of hydrogen-bond donors (Lipinski definition) is 1. The van der Waals surface area contributed by atoms with E-state index in [0.29, 0.717) is 0 Å². The van der Waals surface area contributed by atoms with Gasteiger partial charge in [0.15, 0.2) is 0 Å². The first-order valence-corrected chi connectivity index (χ1v) is 6.65. The summed E-state index contributed by atoms with van der Waals surface area (Å²) in [7, 11) is 0. The van der Waals surface area contributed by atoms with Crippen LogP contribution < -0.4 is 10.5 Å². The highest BCUT2D eigenvalue weighted by atomic mass is 35.5. The van der Waals surface area contributed by atoms with E-state index >= 15 is 0 Å². The number of halogens is 1. The fraction of sp³-hybridized carbons (Fsp3) is 0.286. The fourth-order valence-electron chi connectivity index (χ4n) is 1.67. The predicted molar refractivity (Wildman–Crippen MR) is 79.8 cm³/mol. The van der Waals surface area contributed by atoms with Crippen LogP contribution in [-0.4, -0.2) is 6.10 Å². The average Bonchev–Trinajstić information content (AvgIpc) is 2.82. The van der Waals surface area contributed by atoms with E-state index in [0.717, 1.165) is 16.9 Å². The van der Waals surface area contributed by atoms with Gasteiger partial charge < -0.3 is 10.5 Å². The van der Waals surface area contributed by atoms with E-state index < -0.39 is 0 Å². The Balaban J connectivity index is 0.00000162. The second-order valence-corrected chi connectivity index (χ2v) is 5.05. The fourth-order valence-corrected chi connectivity index (χ4v) is 2.37. The van der Waals surface area contributed by atoms with E-state index in [4.69, 9.17) is 10.5 Å². The number of thiophene rings is 1. The van der Waals surface area contributed by atoms with Gasteiger partial charge in [-0.25, -0.2) is 0 Å². The highest BCUT2D eigenvalue weighted by Crippen LogP contribution is 2.23. The number of rotatable bonds is 4. The van der Waals surface area contributed by atoms with Gasteiger partial charge in [-0.05, 0) is 53.9 Å². The third kappa shape index (κ3) is 3.73. The Morgan fingerprint density at radius 2 is 1.72 bits per heavy atom. The standard InChI is InChI=1S/C14H17NOS.ClH/c1-10(2)16-13-5-3-11(4-6-13)14(15)12-7-8-17-9-12;/h3-10,14H,15H2,1-2H3;1H/t14-;/m1./s1. The number of benzene rings is 1. The topological polar surface area (TPSA) is 35.2 Å². The van der Waals surface area contributed by atoms with Crippen molar-refractivity contribution in [1.82, 2.24) is 0 Å². The SMILES string of the molecule is CC(C)Oc1ccc([C@@H](N)c2ccsc2)cc1.Cl. The van der Waals surface area contributed by atoms with Gasteiger partial charge >= 0.3 is 0 Å². The van der Waals surface area contributed by atoms with E-state index in [9.17, 15) is 0 Å². The first-order valence-electron chi connectivity index (χ1n) is 5.71. The summed E-state index contributed by atoms with van der Waals surface area (Å²) in [5, 5.41) is 4.13. The molecular weight excluding hydrogens is 266 g/mol. The summed E-state index contributed by atoms with van der Waals surface area (Å²) in [6, 6.07) is 10.0. The van der Waals surface area contributed by atoms with E-state index in [1.807, 2.05) is 43.5 Å². The van der Waals surface area contributed by atoms with Crippen molar-refractivity contribution in [2.75, 3.05) is 0 Å². The molecule has 18 heavy (non-hydrogen) atoms. The van der Waals surface area contributed by atoms with Crippen molar-refractivity contribution in [2.45, 2.75) is 26.0 Å². The van der Waals surface area contributed by atoms with Crippen molar-refractivity contribution in [3.8, 4) is 5.75 Å². The number of nitrogens with two attached hydrogens (primary N) is 1. The minimum Gasteiger partial charge on any atom is -0.491 e. The van der Waals surface area contributed by atoms with Gasteiger partial charge in [0.05, 0.1) is 12.1 Å². The van der Waals surface area contributed by atoms with E-state index in [2.05, 4.69) is 11.4 Å². The van der Waals surface area contributed by atoms with Gasteiger partial charge in [0, 0.05) is 0 Å². The molecule has 0 aliphatic rings. The normalized spacial score (nSPS) is 12.0. The van der Waals surface area contributed by atoms with Crippen molar-refractivity contribution >= 4 is 23.7 Å². The molecule has 0 aliphatic heterocycles. The van der Waals surface area contributed by atoms with Crippen molar-refractivity contribution in [1.29, 1.82) is 0 Å². The number of hydrogen-bond acceptors (Lipinski definition) is 3. The molecule has 0 saturated heterocycles. The molecule has 1 aromatic heterocycles. The van der Waals surface area contributed by atoms with Gasteiger partial charge in [-0.2, -0.15) is 11.3 Å². The van der Waals surface area contributed by atoms with Gasteiger partial charge in [-0.3, -0.25) is 0 Å². The lowest BCUT2D eigenvalue weighted by Gasteiger charge is -2.13. The lowest BCUT2D eigenvalue weighted by Crippen LogP contribution is -2.11. The molecule has 4 heteroatoms. The Morgan fingerprint density at radius 1 is 1.06 bits per heavy atom. The molecule has 1 atom stereocenters. The summed E-state index contributed by atoms with van der Waals surface area (Å²) in [6.45, 7) is 4.04. The van der Waals surface area contributed by atoms with Crippen LogP contribution in [0.1, 0.15) is 31.0 Å². The quantitative estimate of drug-likeness (QED) is 0.920. The third-order valence-electron chi connectivity index (χ3n) is 2.51. The summed E-state index contributed by atoms with van der Waals surface area (Å²) in [5.41, 5.74) is 8.45. The first-order chi connectivity index (χ1) is 8.16. The van der Waals surface area contributed by atoms with Crippen LogP contribution in [0.25, 0.3) is 0 Å². The Bertz CT molecular complexity index is 453. The summed E-state index contributed by atoms with van der Waals surface area (Å²) >= 11 is 1.67. The van der Waals surface area contributed by atoms with Crippen LogP contribution >= 0.6 is 23.7 Å². The van der Waals surface area contributed by atoms with Crippen LogP contribution in [0.3, 0.4) is 0 Å². The van der Waals surface area contributed by atoms with Gasteiger partial charge in [-0.1, -0.05) is 12.1 Å². The molecule has 1 heterocycles. The minimum absolute atomic E-state index is 0. The molecule has 1 aromatic carbocycles. The molecule has 2 N–H and O–H groups in total. The van der Waals surface area contributed by atoms with Gasteiger partial charge in [0.25, 0.3) is 0 Å². The van der Waals surface area contributed by atoms with Crippen molar-refractivity contribution < 1.29 is 4.74 Å². The van der Waals surface area contributed by atoms with Crippen LogP contribution in [0.2, 0.25) is 0 Å². The number of ether oxygens (including phenoxy) is 1. The zero-order valence-electron chi connectivity index (χ0n) is 10.5. The predicted octanol–water partition coefficient (Wildman–Crippen LogP) is 4.01. The Kier molecular flexibility index (Phi) is 5.66. The molecule has 0 radical (unpaired) electrons. The molecule has 0 fully saturated rings. The summed E-state index contributed by atoms with van der Waals surface area (Å²) in [6.07, 6.45) is 0.200. The first kappa shape index (κ1) is 15.0. The van der Waals surface area contributed by atoms with Crippen LogP contribution in [0.15, 0.2) is 41.1 Å². The van der Waals surface area contributed by atoms with E-state index in [1.54, 1.807) is 11.3 Å². The average molecular weight is 284 g/mol. The Hall–Kier alpha value is -1.03. The molecular formula is C14H18ClNOS. The summed E-state index contributed by atoms with van der Waals surface area (Å²) < 4.78 is 5.60. The lowest BCUT2D eigenvalue weighted by molar-refractivity contribution is 0.242. The van der Waals surface area contributed by atoms with Gasteiger partial charge in [-0.15, -0.1) is 12.4 Å². The molecule has 98 valence electrons. The summed E-state index contributed by atoms with van der Waals surface area (Å²) in [4.78, 5) is 0. The largest absolute Gasteiger partial charge is 0.491 e. The molecule has 0 unspecified atom stereocenters. The second kappa shape index (κ2) is 6.78. The molecule has 0 aliphatic carbocycles.